The van der Waals surface area contributed by atoms with E-state index in [1.807, 2.05) is 4.57 Å². The predicted octanol–water partition coefficient (Wildman–Crippen LogP) is 5.99. The first kappa shape index (κ1) is 19.5. The lowest BCUT2D eigenvalue weighted by atomic mass is 10.1. The summed E-state index contributed by atoms with van der Waals surface area (Å²) in [6.45, 7) is 6.49. The van der Waals surface area contributed by atoms with Crippen LogP contribution in [-0.4, -0.2) is 19.7 Å². The summed E-state index contributed by atoms with van der Waals surface area (Å²) >= 11 is 3.23. The molecule has 0 N–H and O–H groups in total. The molecule has 0 spiro atoms. The van der Waals surface area contributed by atoms with Crippen molar-refractivity contribution in [3.63, 3.8) is 0 Å². The summed E-state index contributed by atoms with van der Waals surface area (Å²) in [6.07, 6.45) is 1.80. The second kappa shape index (κ2) is 8.71. The molecule has 0 amide bonds. The Morgan fingerprint density at radius 3 is 2.72 bits per heavy atom. The van der Waals surface area contributed by atoms with Crippen molar-refractivity contribution in [3.8, 4) is 22.0 Å². The summed E-state index contributed by atoms with van der Waals surface area (Å²) in [6, 6.07) is 14.6. The van der Waals surface area contributed by atoms with Gasteiger partial charge in [0.05, 0.1) is 5.69 Å². The fourth-order valence-corrected chi connectivity index (χ4v) is 4.69. The lowest BCUT2D eigenvalue weighted by Crippen LogP contribution is -2.00. The van der Waals surface area contributed by atoms with Crippen molar-refractivity contribution in [1.29, 1.82) is 0 Å². The van der Waals surface area contributed by atoms with E-state index in [2.05, 4.69) is 53.3 Å². The van der Waals surface area contributed by atoms with Crippen LogP contribution in [0.2, 0.25) is 0 Å². The zero-order valence-electron chi connectivity index (χ0n) is 15.9. The molecule has 0 atom stereocenters. The lowest BCUT2D eigenvalue weighted by molar-refractivity contribution is 0.628. The van der Waals surface area contributed by atoms with E-state index in [0.29, 0.717) is 18.1 Å². The molecule has 2 aromatic carbocycles. The summed E-state index contributed by atoms with van der Waals surface area (Å²) in [4.78, 5) is 4.77. The van der Waals surface area contributed by atoms with Gasteiger partial charge < -0.3 is 0 Å². The van der Waals surface area contributed by atoms with Crippen LogP contribution in [0.1, 0.15) is 11.3 Å². The van der Waals surface area contributed by atoms with Gasteiger partial charge in [-0.2, -0.15) is 0 Å². The number of benzene rings is 2. The number of allylic oxidation sites excluding steroid dienone is 1. The van der Waals surface area contributed by atoms with E-state index in [1.165, 1.54) is 17.7 Å². The molecular weight excluding hydrogens is 403 g/mol. The SMILES string of the molecule is C=CCn1c(SCc2csc(-c3cccc(C)c3)n2)nnc1-c1ccc(F)cc1. The van der Waals surface area contributed by atoms with Crippen molar-refractivity contribution in [2.75, 3.05) is 0 Å². The van der Waals surface area contributed by atoms with Crippen molar-refractivity contribution in [2.45, 2.75) is 24.4 Å². The van der Waals surface area contributed by atoms with Crippen molar-refractivity contribution in [2.24, 2.45) is 0 Å². The highest BCUT2D eigenvalue weighted by Gasteiger charge is 2.14. The number of hydrogen-bond donors (Lipinski definition) is 0. The van der Waals surface area contributed by atoms with E-state index in [9.17, 15) is 4.39 Å². The van der Waals surface area contributed by atoms with E-state index in [0.717, 1.165) is 27.0 Å². The third-order valence-electron chi connectivity index (χ3n) is 4.30. The maximum atomic E-state index is 13.2. The molecule has 2 aromatic heterocycles. The largest absolute Gasteiger partial charge is 0.298 e. The Balaban J connectivity index is 1.53. The van der Waals surface area contributed by atoms with Gasteiger partial charge in [-0.15, -0.1) is 28.1 Å². The highest BCUT2D eigenvalue weighted by atomic mass is 32.2. The van der Waals surface area contributed by atoms with Crippen molar-refractivity contribution < 1.29 is 4.39 Å². The molecule has 0 bridgehead atoms. The van der Waals surface area contributed by atoms with Gasteiger partial charge in [0, 0.05) is 28.8 Å². The zero-order chi connectivity index (χ0) is 20.2. The topological polar surface area (TPSA) is 43.6 Å². The number of thiazole rings is 1. The smallest absolute Gasteiger partial charge is 0.192 e. The van der Waals surface area contributed by atoms with E-state index in [4.69, 9.17) is 4.98 Å². The van der Waals surface area contributed by atoms with Crippen LogP contribution in [0, 0.1) is 12.7 Å². The molecule has 7 heteroatoms. The zero-order valence-corrected chi connectivity index (χ0v) is 17.5. The van der Waals surface area contributed by atoms with Crippen molar-refractivity contribution >= 4 is 23.1 Å². The number of nitrogens with zero attached hydrogens (tertiary/aromatic N) is 4. The van der Waals surface area contributed by atoms with Gasteiger partial charge in [0.15, 0.2) is 11.0 Å². The van der Waals surface area contributed by atoms with Crippen LogP contribution in [0.4, 0.5) is 4.39 Å². The second-order valence-electron chi connectivity index (χ2n) is 6.51. The fourth-order valence-electron chi connectivity index (χ4n) is 2.92. The van der Waals surface area contributed by atoms with Gasteiger partial charge in [-0.05, 0) is 37.3 Å². The molecule has 0 aliphatic carbocycles. The minimum absolute atomic E-state index is 0.272. The van der Waals surface area contributed by atoms with Crippen LogP contribution in [-0.2, 0) is 12.3 Å². The Kier molecular flexibility index (Phi) is 5.87. The fraction of sp³-hybridized carbons (Fsp3) is 0.136. The second-order valence-corrected chi connectivity index (χ2v) is 8.32. The Bertz CT molecular complexity index is 1130. The summed E-state index contributed by atoms with van der Waals surface area (Å²) in [5.41, 5.74) is 4.19. The quantitative estimate of drug-likeness (QED) is 0.271. The third-order valence-corrected chi connectivity index (χ3v) is 6.24. The van der Waals surface area contributed by atoms with Crippen molar-refractivity contribution in [3.05, 3.63) is 83.6 Å². The highest BCUT2D eigenvalue weighted by Crippen LogP contribution is 2.29. The molecule has 2 heterocycles. The molecule has 4 nitrogen and oxygen atoms in total. The first-order chi connectivity index (χ1) is 14.1. The summed E-state index contributed by atoms with van der Waals surface area (Å²) < 4.78 is 15.2. The van der Waals surface area contributed by atoms with Crippen LogP contribution < -0.4 is 0 Å². The van der Waals surface area contributed by atoms with E-state index in [1.54, 1.807) is 41.3 Å². The summed E-state index contributed by atoms with van der Waals surface area (Å²) in [5, 5.41) is 12.5. The Morgan fingerprint density at radius 1 is 1.14 bits per heavy atom. The summed E-state index contributed by atoms with van der Waals surface area (Å²) in [5.74, 6) is 1.12. The molecule has 0 aliphatic heterocycles. The monoisotopic (exact) mass is 422 g/mol. The molecule has 146 valence electrons. The average molecular weight is 423 g/mol. The molecule has 0 aliphatic rings. The van der Waals surface area contributed by atoms with Gasteiger partial charge in [-0.25, -0.2) is 9.37 Å². The number of hydrogen-bond acceptors (Lipinski definition) is 5. The van der Waals surface area contributed by atoms with Gasteiger partial charge in [-0.1, -0.05) is 41.6 Å². The first-order valence-corrected chi connectivity index (χ1v) is 10.9. The Morgan fingerprint density at radius 2 is 1.97 bits per heavy atom. The number of rotatable bonds is 7. The van der Waals surface area contributed by atoms with Gasteiger partial charge in [-0.3, -0.25) is 4.57 Å². The number of aryl methyl sites for hydroxylation is 1. The number of thioether (sulfide) groups is 1. The van der Waals surface area contributed by atoms with Crippen LogP contribution in [0.25, 0.3) is 22.0 Å². The van der Waals surface area contributed by atoms with Crippen LogP contribution >= 0.6 is 23.1 Å². The molecule has 4 rings (SSSR count). The molecule has 0 unspecified atom stereocenters. The van der Waals surface area contributed by atoms with Crippen LogP contribution in [0.15, 0.2) is 71.7 Å². The molecule has 4 aromatic rings. The third kappa shape index (κ3) is 4.46. The number of aromatic nitrogens is 4. The van der Waals surface area contributed by atoms with Crippen LogP contribution in [0.5, 0.6) is 0 Å². The van der Waals surface area contributed by atoms with E-state index < -0.39 is 0 Å². The molecule has 0 saturated carbocycles. The molecule has 0 fully saturated rings. The first-order valence-electron chi connectivity index (χ1n) is 9.08. The highest BCUT2D eigenvalue weighted by molar-refractivity contribution is 7.98. The lowest BCUT2D eigenvalue weighted by Gasteiger charge is -2.07. The minimum Gasteiger partial charge on any atom is -0.298 e. The van der Waals surface area contributed by atoms with E-state index >= 15 is 0 Å². The van der Waals surface area contributed by atoms with Gasteiger partial charge >= 0.3 is 0 Å². The molecule has 0 radical (unpaired) electrons. The van der Waals surface area contributed by atoms with Gasteiger partial charge in [0.2, 0.25) is 0 Å². The normalized spacial score (nSPS) is 11.0. The Labute approximate surface area is 177 Å². The maximum Gasteiger partial charge on any atom is 0.192 e. The van der Waals surface area contributed by atoms with Gasteiger partial charge in [0.1, 0.15) is 10.8 Å². The summed E-state index contributed by atoms with van der Waals surface area (Å²) in [7, 11) is 0. The standard InChI is InChI=1S/C22H19FN4S2/c1-3-11-27-20(16-7-9-18(23)10-8-16)25-26-22(27)29-14-19-13-28-21(24-19)17-6-4-5-15(2)12-17/h3-10,12-13H,1,11,14H2,2H3. The van der Waals surface area contributed by atoms with E-state index in [-0.39, 0.29) is 5.82 Å². The van der Waals surface area contributed by atoms with Gasteiger partial charge in [0.25, 0.3) is 0 Å². The molecule has 0 saturated heterocycles. The number of halogens is 1. The molecule has 29 heavy (non-hydrogen) atoms. The Hall–Kier alpha value is -2.77. The van der Waals surface area contributed by atoms with Crippen LogP contribution in [0.3, 0.4) is 0 Å². The predicted molar refractivity (Wildman–Crippen MR) is 117 cm³/mol. The molecular formula is C22H19FN4S2. The minimum atomic E-state index is -0.272. The average Bonchev–Trinajstić information content (AvgIpc) is 3.35. The maximum absolute atomic E-state index is 13.2. The van der Waals surface area contributed by atoms with Crippen molar-refractivity contribution in [1.82, 2.24) is 19.7 Å².